The highest BCUT2D eigenvalue weighted by molar-refractivity contribution is 5.95. The lowest BCUT2D eigenvalue weighted by Gasteiger charge is -2.32. The van der Waals surface area contributed by atoms with Gasteiger partial charge in [0, 0.05) is 50.1 Å². The van der Waals surface area contributed by atoms with Crippen molar-refractivity contribution in [2.24, 2.45) is 7.05 Å². The molecule has 0 saturated carbocycles. The Bertz CT molecular complexity index is 1070. The van der Waals surface area contributed by atoms with Crippen LogP contribution in [0.2, 0.25) is 0 Å². The van der Waals surface area contributed by atoms with E-state index in [-0.39, 0.29) is 17.6 Å². The number of hydrogen-bond donors (Lipinski definition) is 0. The number of aryl methyl sites for hydroxylation is 3. The Morgan fingerprint density at radius 2 is 2.03 bits per heavy atom. The second-order valence-corrected chi connectivity index (χ2v) is 8.20. The van der Waals surface area contributed by atoms with Crippen LogP contribution in [0.25, 0.3) is 0 Å². The molecule has 30 heavy (non-hydrogen) atoms. The van der Waals surface area contributed by atoms with Crippen LogP contribution >= 0.6 is 0 Å². The smallest absolute Gasteiger partial charge is 0.257 e. The summed E-state index contributed by atoms with van der Waals surface area (Å²) in [6, 6.07) is 11.0. The molecule has 0 aliphatic carbocycles. The SMILES string of the molecule is Cc1cc(Cc2ccccc2F)cc([C@@H]2CCCN(C(=O)c3cn(C)nc3C)C2)n1. The number of likely N-dealkylation sites (tertiary alicyclic amines) is 1. The van der Waals surface area contributed by atoms with Crippen molar-refractivity contribution in [1.29, 1.82) is 0 Å². The Kier molecular flexibility index (Phi) is 5.66. The molecule has 0 radical (unpaired) electrons. The van der Waals surface area contributed by atoms with Crippen molar-refractivity contribution in [1.82, 2.24) is 19.7 Å². The van der Waals surface area contributed by atoms with Crippen molar-refractivity contribution in [3.05, 3.63) is 82.2 Å². The molecule has 1 aromatic carbocycles. The van der Waals surface area contributed by atoms with Crippen LogP contribution in [0.4, 0.5) is 4.39 Å². The van der Waals surface area contributed by atoms with Gasteiger partial charge in [-0.15, -0.1) is 0 Å². The Hall–Kier alpha value is -3.02. The Morgan fingerprint density at radius 3 is 2.77 bits per heavy atom. The van der Waals surface area contributed by atoms with Gasteiger partial charge in [-0.1, -0.05) is 18.2 Å². The second-order valence-electron chi connectivity index (χ2n) is 8.20. The summed E-state index contributed by atoms with van der Waals surface area (Å²) in [5.74, 6) is 0.0262. The van der Waals surface area contributed by atoms with E-state index in [1.54, 1.807) is 16.9 Å². The van der Waals surface area contributed by atoms with Crippen molar-refractivity contribution in [3.63, 3.8) is 0 Å². The first kappa shape index (κ1) is 20.3. The van der Waals surface area contributed by atoms with Crippen molar-refractivity contribution < 1.29 is 9.18 Å². The fourth-order valence-electron chi connectivity index (χ4n) is 4.32. The highest BCUT2D eigenvalue weighted by atomic mass is 19.1. The molecule has 3 aromatic rings. The summed E-state index contributed by atoms with van der Waals surface area (Å²) >= 11 is 0. The predicted molar refractivity (Wildman–Crippen MR) is 114 cm³/mol. The molecule has 3 heterocycles. The van der Waals surface area contributed by atoms with Gasteiger partial charge in [-0.3, -0.25) is 14.5 Å². The molecule has 4 rings (SSSR count). The summed E-state index contributed by atoms with van der Waals surface area (Å²) in [5, 5.41) is 4.30. The van der Waals surface area contributed by atoms with E-state index >= 15 is 0 Å². The molecular formula is C24H27FN4O. The lowest BCUT2D eigenvalue weighted by Crippen LogP contribution is -2.39. The van der Waals surface area contributed by atoms with E-state index in [0.29, 0.717) is 24.1 Å². The number of halogens is 1. The van der Waals surface area contributed by atoms with Gasteiger partial charge < -0.3 is 4.90 Å². The lowest BCUT2D eigenvalue weighted by atomic mass is 9.92. The van der Waals surface area contributed by atoms with Gasteiger partial charge in [-0.25, -0.2) is 4.39 Å². The number of rotatable bonds is 4. The Morgan fingerprint density at radius 1 is 1.23 bits per heavy atom. The normalized spacial score (nSPS) is 16.7. The van der Waals surface area contributed by atoms with Crippen LogP contribution < -0.4 is 0 Å². The van der Waals surface area contributed by atoms with Gasteiger partial charge in [-0.2, -0.15) is 5.10 Å². The average Bonchev–Trinajstić information content (AvgIpc) is 3.07. The predicted octanol–water partition coefficient (Wildman–Crippen LogP) is 4.18. The van der Waals surface area contributed by atoms with Crippen LogP contribution in [0.15, 0.2) is 42.6 Å². The Labute approximate surface area is 176 Å². The van der Waals surface area contributed by atoms with Crippen molar-refractivity contribution in [2.45, 2.75) is 39.0 Å². The summed E-state index contributed by atoms with van der Waals surface area (Å²) in [7, 11) is 1.83. The first-order valence-corrected chi connectivity index (χ1v) is 10.4. The van der Waals surface area contributed by atoms with Crippen LogP contribution in [0, 0.1) is 19.7 Å². The molecule has 1 aliphatic heterocycles. The monoisotopic (exact) mass is 406 g/mol. The topological polar surface area (TPSA) is 51.0 Å². The van der Waals surface area contributed by atoms with Crippen LogP contribution in [-0.2, 0) is 13.5 Å². The number of amides is 1. The van der Waals surface area contributed by atoms with Crippen molar-refractivity contribution >= 4 is 5.91 Å². The second kappa shape index (κ2) is 8.38. The first-order chi connectivity index (χ1) is 14.4. The minimum Gasteiger partial charge on any atom is -0.338 e. The number of carbonyl (C=O) groups excluding carboxylic acids is 1. The summed E-state index contributed by atoms with van der Waals surface area (Å²) in [4.78, 5) is 19.7. The number of benzene rings is 1. The van der Waals surface area contributed by atoms with Gasteiger partial charge in [0.05, 0.1) is 11.3 Å². The zero-order chi connectivity index (χ0) is 21.3. The van der Waals surface area contributed by atoms with E-state index in [0.717, 1.165) is 42.0 Å². The molecule has 0 spiro atoms. The van der Waals surface area contributed by atoms with Crippen molar-refractivity contribution in [2.75, 3.05) is 13.1 Å². The molecule has 1 amide bonds. The van der Waals surface area contributed by atoms with Gasteiger partial charge in [-0.05, 0) is 56.0 Å². The maximum Gasteiger partial charge on any atom is 0.257 e. The van der Waals surface area contributed by atoms with E-state index in [9.17, 15) is 9.18 Å². The van der Waals surface area contributed by atoms with E-state index in [2.05, 4.69) is 11.2 Å². The minimum atomic E-state index is -0.185. The van der Waals surface area contributed by atoms with Crippen LogP contribution in [0.5, 0.6) is 0 Å². The molecule has 2 aromatic heterocycles. The zero-order valence-corrected chi connectivity index (χ0v) is 17.7. The number of pyridine rings is 1. The summed E-state index contributed by atoms with van der Waals surface area (Å²) in [6.45, 7) is 5.23. The average molecular weight is 407 g/mol. The number of piperidine rings is 1. The maximum absolute atomic E-state index is 14.1. The molecule has 0 unspecified atom stereocenters. The fourth-order valence-corrected chi connectivity index (χ4v) is 4.32. The molecule has 6 heteroatoms. The van der Waals surface area contributed by atoms with Gasteiger partial charge in [0.2, 0.25) is 0 Å². The maximum atomic E-state index is 14.1. The molecule has 156 valence electrons. The quantitative estimate of drug-likeness (QED) is 0.653. The third-order valence-corrected chi connectivity index (χ3v) is 5.76. The van der Waals surface area contributed by atoms with Crippen LogP contribution in [-0.4, -0.2) is 38.7 Å². The van der Waals surface area contributed by atoms with Crippen LogP contribution in [0.1, 0.15) is 57.3 Å². The summed E-state index contributed by atoms with van der Waals surface area (Å²) in [6.07, 6.45) is 4.26. The van der Waals surface area contributed by atoms with E-state index in [1.807, 2.05) is 44.0 Å². The molecule has 1 aliphatic rings. The fraction of sp³-hybridized carbons (Fsp3) is 0.375. The number of carbonyl (C=O) groups is 1. The summed E-state index contributed by atoms with van der Waals surface area (Å²) < 4.78 is 15.8. The molecule has 0 N–H and O–H groups in total. The van der Waals surface area contributed by atoms with E-state index in [1.165, 1.54) is 6.07 Å². The highest BCUT2D eigenvalue weighted by Crippen LogP contribution is 2.28. The molecule has 1 fully saturated rings. The van der Waals surface area contributed by atoms with E-state index < -0.39 is 0 Å². The van der Waals surface area contributed by atoms with E-state index in [4.69, 9.17) is 4.98 Å². The first-order valence-electron chi connectivity index (χ1n) is 10.4. The third-order valence-electron chi connectivity index (χ3n) is 5.76. The number of nitrogens with zero attached hydrogens (tertiary/aromatic N) is 4. The molecular weight excluding hydrogens is 379 g/mol. The highest BCUT2D eigenvalue weighted by Gasteiger charge is 2.28. The van der Waals surface area contributed by atoms with Gasteiger partial charge in [0.1, 0.15) is 5.82 Å². The Balaban J connectivity index is 1.55. The summed E-state index contributed by atoms with van der Waals surface area (Å²) in [5.41, 5.74) is 5.06. The standard InChI is InChI=1S/C24H27FN4O/c1-16-11-18(12-19-7-4-5-9-22(19)25)13-23(26-16)20-8-6-10-29(14-20)24(30)21-15-28(3)27-17(21)2/h4-5,7,9,11,13,15,20H,6,8,10,12,14H2,1-3H3/t20-/m1/s1. The van der Waals surface area contributed by atoms with Gasteiger partial charge >= 0.3 is 0 Å². The molecule has 1 saturated heterocycles. The molecule has 0 bridgehead atoms. The zero-order valence-electron chi connectivity index (χ0n) is 17.7. The number of aromatic nitrogens is 3. The van der Waals surface area contributed by atoms with Gasteiger partial charge in [0.15, 0.2) is 0 Å². The molecule has 1 atom stereocenters. The lowest BCUT2D eigenvalue weighted by molar-refractivity contribution is 0.0705. The molecule has 5 nitrogen and oxygen atoms in total. The number of hydrogen-bond acceptors (Lipinski definition) is 3. The third kappa shape index (κ3) is 4.27. The van der Waals surface area contributed by atoms with Crippen LogP contribution in [0.3, 0.4) is 0 Å². The van der Waals surface area contributed by atoms with Crippen molar-refractivity contribution in [3.8, 4) is 0 Å². The van der Waals surface area contributed by atoms with Gasteiger partial charge in [0.25, 0.3) is 5.91 Å². The largest absolute Gasteiger partial charge is 0.338 e. The minimum absolute atomic E-state index is 0.0320.